The summed E-state index contributed by atoms with van der Waals surface area (Å²) in [6.07, 6.45) is 5.81. The Morgan fingerprint density at radius 1 is 1.03 bits per heavy atom. The number of rotatable bonds is 7. The minimum Gasteiger partial charge on any atom is -0.493 e. The van der Waals surface area contributed by atoms with Crippen LogP contribution in [-0.4, -0.2) is 38.3 Å². The van der Waals surface area contributed by atoms with Gasteiger partial charge in [-0.05, 0) is 50.7 Å². The van der Waals surface area contributed by atoms with Gasteiger partial charge in [-0.1, -0.05) is 13.3 Å². The predicted molar refractivity (Wildman–Crippen MR) is 119 cm³/mol. The third kappa shape index (κ3) is 4.66. The van der Waals surface area contributed by atoms with Gasteiger partial charge in [0.05, 0.1) is 27.0 Å². The van der Waals surface area contributed by atoms with Crippen LogP contribution in [0.2, 0.25) is 0 Å². The standard InChI is InChI=1S/C22H31N3O3S/c1-6-15-8-10-17(11-9-15)24-25-18(14-29-22(25)23-7-2)16-12-19(26-3)21(28-5)20(13-16)27-4/h12-15H,6-11H2,1-5H3. The van der Waals surface area contributed by atoms with E-state index in [9.17, 15) is 0 Å². The highest BCUT2D eigenvalue weighted by atomic mass is 32.1. The summed E-state index contributed by atoms with van der Waals surface area (Å²) in [7, 11) is 4.88. The quantitative estimate of drug-likeness (QED) is 0.639. The first-order chi connectivity index (χ1) is 14.1. The summed E-state index contributed by atoms with van der Waals surface area (Å²) in [6, 6.07) is 3.92. The van der Waals surface area contributed by atoms with Crippen LogP contribution in [0.5, 0.6) is 17.2 Å². The van der Waals surface area contributed by atoms with Gasteiger partial charge in [0.2, 0.25) is 10.6 Å². The molecule has 1 aliphatic carbocycles. The Morgan fingerprint density at radius 3 is 2.21 bits per heavy atom. The van der Waals surface area contributed by atoms with E-state index >= 15 is 0 Å². The van der Waals surface area contributed by atoms with E-state index in [4.69, 9.17) is 19.3 Å². The van der Waals surface area contributed by atoms with Crippen LogP contribution in [0.4, 0.5) is 0 Å². The fourth-order valence-corrected chi connectivity index (χ4v) is 4.62. The van der Waals surface area contributed by atoms with E-state index in [1.54, 1.807) is 32.7 Å². The zero-order chi connectivity index (χ0) is 20.8. The van der Waals surface area contributed by atoms with Crippen LogP contribution in [0, 0.1) is 5.92 Å². The third-order valence-electron chi connectivity index (χ3n) is 5.44. The maximum atomic E-state index is 5.54. The monoisotopic (exact) mass is 417 g/mol. The normalized spacial score (nSPS) is 17.3. The number of benzene rings is 1. The number of hydrogen-bond donors (Lipinski definition) is 0. The highest BCUT2D eigenvalue weighted by Gasteiger charge is 2.19. The SMILES string of the molecule is CCN=c1scc(-c2cc(OC)c(OC)c(OC)c2)n1N=C1CCC(CC)CC1. The first-order valence-electron chi connectivity index (χ1n) is 10.2. The van der Waals surface area contributed by atoms with Crippen LogP contribution in [0.1, 0.15) is 46.0 Å². The van der Waals surface area contributed by atoms with Gasteiger partial charge in [0.15, 0.2) is 11.5 Å². The van der Waals surface area contributed by atoms with Crippen LogP contribution in [0.15, 0.2) is 27.6 Å². The summed E-state index contributed by atoms with van der Waals surface area (Å²) >= 11 is 1.60. The number of ether oxygens (including phenoxy) is 3. The summed E-state index contributed by atoms with van der Waals surface area (Å²) in [6.45, 7) is 5.04. The van der Waals surface area contributed by atoms with E-state index in [1.165, 1.54) is 25.0 Å². The largest absolute Gasteiger partial charge is 0.493 e. The van der Waals surface area contributed by atoms with Gasteiger partial charge in [0.25, 0.3) is 0 Å². The van der Waals surface area contributed by atoms with Crippen molar-refractivity contribution < 1.29 is 14.2 Å². The molecule has 1 saturated carbocycles. The maximum Gasteiger partial charge on any atom is 0.206 e. The molecule has 1 fully saturated rings. The number of nitrogens with zero attached hydrogens (tertiary/aromatic N) is 3. The Labute approximate surface area is 176 Å². The summed E-state index contributed by atoms with van der Waals surface area (Å²) in [5.74, 6) is 2.67. The Kier molecular flexibility index (Phi) is 7.36. The van der Waals surface area contributed by atoms with Crippen LogP contribution in [-0.2, 0) is 0 Å². The van der Waals surface area contributed by atoms with E-state index in [2.05, 4.69) is 17.3 Å². The minimum atomic E-state index is 0.586. The van der Waals surface area contributed by atoms with Gasteiger partial charge in [0, 0.05) is 23.2 Å². The van der Waals surface area contributed by atoms with E-state index in [0.717, 1.165) is 41.4 Å². The second-order valence-electron chi connectivity index (χ2n) is 7.12. The second-order valence-corrected chi connectivity index (χ2v) is 7.96. The lowest BCUT2D eigenvalue weighted by molar-refractivity contribution is 0.324. The van der Waals surface area contributed by atoms with E-state index < -0.39 is 0 Å². The summed E-state index contributed by atoms with van der Waals surface area (Å²) in [5.41, 5.74) is 3.19. The number of aromatic nitrogens is 1. The molecular formula is C22H31N3O3S. The molecule has 0 spiro atoms. The first-order valence-corrected chi connectivity index (χ1v) is 11.1. The summed E-state index contributed by atoms with van der Waals surface area (Å²) < 4.78 is 18.5. The molecule has 1 aromatic heterocycles. The lowest BCUT2D eigenvalue weighted by atomic mass is 9.86. The first kappa shape index (κ1) is 21.4. The summed E-state index contributed by atoms with van der Waals surface area (Å²) in [4.78, 5) is 5.56. The predicted octanol–water partition coefficient (Wildman–Crippen LogP) is 4.97. The molecule has 29 heavy (non-hydrogen) atoms. The van der Waals surface area contributed by atoms with Crippen molar-refractivity contribution in [3.63, 3.8) is 0 Å². The molecule has 0 bridgehead atoms. The second kappa shape index (κ2) is 9.96. The van der Waals surface area contributed by atoms with E-state index in [1.807, 2.05) is 23.7 Å². The van der Waals surface area contributed by atoms with Crippen molar-refractivity contribution in [2.75, 3.05) is 27.9 Å². The Hall–Kier alpha value is -2.28. The van der Waals surface area contributed by atoms with Crippen LogP contribution in [0.25, 0.3) is 11.3 Å². The average Bonchev–Trinajstić information content (AvgIpc) is 3.15. The minimum absolute atomic E-state index is 0.586. The third-order valence-corrected chi connectivity index (χ3v) is 6.29. The maximum absolute atomic E-state index is 5.54. The number of hydrogen-bond acceptors (Lipinski definition) is 6. The van der Waals surface area contributed by atoms with Gasteiger partial charge in [-0.3, -0.25) is 4.99 Å². The Balaban J connectivity index is 2.09. The fraction of sp³-hybridized carbons (Fsp3) is 0.545. The molecular weight excluding hydrogens is 386 g/mol. The molecule has 158 valence electrons. The molecule has 3 rings (SSSR count). The smallest absolute Gasteiger partial charge is 0.206 e. The zero-order valence-electron chi connectivity index (χ0n) is 18.0. The van der Waals surface area contributed by atoms with Crippen molar-refractivity contribution in [1.82, 2.24) is 4.68 Å². The van der Waals surface area contributed by atoms with Crippen molar-refractivity contribution >= 4 is 17.0 Å². The topological polar surface area (TPSA) is 57.3 Å². The molecule has 0 radical (unpaired) electrons. The van der Waals surface area contributed by atoms with Gasteiger partial charge in [-0.2, -0.15) is 5.10 Å². The van der Waals surface area contributed by atoms with Crippen LogP contribution < -0.4 is 19.0 Å². The molecule has 1 aliphatic rings. The van der Waals surface area contributed by atoms with Gasteiger partial charge in [-0.25, -0.2) is 4.68 Å². The van der Waals surface area contributed by atoms with Crippen molar-refractivity contribution in [2.24, 2.45) is 16.0 Å². The lowest BCUT2D eigenvalue weighted by Crippen LogP contribution is -2.19. The number of thiazole rings is 1. The van der Waals surface area contributed by atoms with Gasteiger partial charge < -0.3 is 14.2 Å². The van der Waals surface area contributed by atoms with E-state index in [-0.39, 0.29) is 0 Å². The zero-order valence-corrected chi connectivity index (χ0v) is 18.8. The highest BCUT2D eigenvalue weighted by Crippen LogP contribution is 2.41. The molecule has 2 aromatic rings. The van der Waals surface area contributed by atoms with Crippen molar-refractivity contribution in [1.29, 1.82) is 0 Å². The fourth-order valence-electron chi connectivity index (χ4n) is 3.73. The molecule has 1 heterocycles. The molecule has 0 saturated heterocycles. The molecule has 1 aromatic carbocycles. The van der Waals surface area contributed by atoms with Gasteiger partial charge in [0.1, 0.15) is 0 Å². The Morgan fingerprint density at radius 2 is 1.69 bits per heavy atom. The molecule has 0 unspecified atom stereocenters. The van der Waals surface area contributed by atoms with Crippen molar-refractivity contribution in [3.05, 3.63) is 22.3 Å². The van der Waals surface area contributed by atoms with Gasteiger partial charge in [-0.15, -0.1) is 11.3 Å². The molecule has 0 amide bonds. The average molecular weight is 418 g/mol. The Bertz CT molecular complexity index is 895. The van der Waals surface area contributed by atoms with Crippen LogP contribution in [0.3, 0.4) is 0 Å². The molecule has 7 heteroatoms. The molecule has 0 aliphatic heterocycles. The number of methoxy groups -OCH3 is 3. The summed E-state index contributed by atoms with van der Waals surface area (Å²) in [5, 5.41) is 7.13. The van der Waals surface area contributed by atoms with Crippen molar-refractivity contribution in [2.45, 2.75) is 46.0 Å². The van der Waals surface area contributed by atoms with E-state index in [0.29, 0.717) is 17.2 Å². The lowest BCUT2D eigenvalue weighted by Gasteiger charge is -2.21. The molecule has 6 nitrogen and oxygen atoms in total. The highest BCUT2D eigenvalue weighted by molar-refractivity contribution is 7.07. The molecule has 0 N–H and O–H groups in total. The van der Waals surface area contributed by atoms with Crippen molar-refractivity contribution in [3.8, 4) is 28.5 Å². The molecule has 0 atom stereocenters. The van der Waals surface area contributed by atoms with Crippen LogP contribution >= 0.6 is 11.3 Å². The van der Waals surface area contributed by atoms with Gasteiger partial charge >= 0.3 is 0 Å².